The molecule has 2 aliphatic rings. The standard InChI is InChI=1S/C23H25NO3/c1-2-5-20(25)23(27)24-13-4-7-17(14-24)22(26)19-12-11-16-10-9-15-6-3-8-18(19)21(15)16/h3,6,8,11-12,17H,2,4-5,7,9-10,13-14H2,1H3/t17-/m0/s1. The first-order valence-corrected chi connectivity index (χ1v) is 10.00. The highest BCUT2D eigenvalue weighted by Crippen LogP contribution is 2.34. The van der Waals surface area contributed by atoms with Crippen LogP contribution in [0.3, 0.4) is 0 Å². The van der Waals surface area contributed by atoms with Gasteiger partial charge in [0.1, 0.15) is 0 Å². The molecule has 4 nitrogen and oxygen atoms in total. The van der Waals surface area contributed by atoms with Crippen LogP contribution in [0.15, 0.2) is 30.3 Å². The fourth-order valence-corrected chi connectivity index (χ4v) is 4.57. The summed E-state index contributed by atoms with van der Waals surface area (Å²) in [6, 6.07) is 10.3. The highest BCUT2D eigenvalue weighted by molar-refractivity contribution is 6.36. The molecule has 2 aromatic rings. The molecule has 0 radical (unpaired) electrons. The Morgan fingerprint density at radius 1 is 1.07 bits per heavy atom. The number of aryl methyl sites for hydroxylation is 2. The molecule has 1 atom stereocenters. The zero-order chi connectivity index (χ0) is 19.0. The summed E-state index contributed by atoms with van der Waals surface area (Å²) in [6.45, 7) is 2.82. The SMILES string of the molecule is CCCC(=O)C(=O)N1CCC[C@H](C(=O)c2ccc3c4c(cccc24)CC3)C1. The third kappa shape index (κ3) is 3.18. The summed E-state index contributed by atoms with van der Waals surface area (Å²) in [6.07, 6.45) is 4.56. The second-order valence-corrected chi connectivity index (χ2v) is 7.74. The Bertz CT molecular complexity index is 920. The van der Waals surface area contributed by atoms with Crippen molar-refractivity contribution in [2.75, 3.05) is 13.1 Å². The molecule has 4 rings (SSSR count). The Labute approximate surface area is 159 Å². The molecule has 2 aromatic carbocycles. The molecule has 0 N–H and O–H groups in total. The number of nitrogens with zero attached hydrogens (tertiary/aromatic N) is 1. The minimum atomic E-state index is -0.422. The van der Waals surface area contributed by atoms with Crippen molar-refractivity contribution >= 4 is 28.2 Å². The minimum absolute atomic E-state index is 0.103. The number of ketones is 2. The third-order valence-electron chi connectivity index (χ3n) is 5.94. The van der Waals surface area contributed by atoms with Gasteiger partial charge in [0.05, 0.1) is 0 Å². The van der Waals surface area contributed by atoms with Crippen LogP contribution in [-0.4, -0.2) is 35.5 Å². The lowest BCUT2D eigenvalue weighted by Crippen LogP contribution is -2.45. The van der Waals surface area contributed by atoms with E-state index in [1.54, 1.807) is 4.90 Å². The number of piperidine rings is 1. The molecule has 1 heterocycles. The van der Waals surface area contributed by atoms with Gasteiger partial charge in [-0.25, -0.2) is 0 Å². The van der Waals surface area contributed by atoms with Gasteiger partial charge in [-0.05, 0) is 54.0 Å². The van der Waals surface area contributed by atoms with Crippen LogP contribution in [0, 0.1) is 5.92 Å². The van der Waals surface area contributed by atoms with Gasteiger partial charge < -0.3 is 4.90 Å². The molecule has 1 aliphatic carbocycles. The van der Waals surface area contributed by atoms with Gasteiger partial charge in [-0.15, -0.1) is 0 Å². The molecule has 1 saturated heterocycles. The number of Topliss-reactive ketones (excluding diaryl/α,β-unsaturated/α-hetero) is 2. The molecule has 27 heavy (non-hydrogen) atoms. The van der Waals surface area contributed by atoms with Gasteiger partial charge >= 0.3 is 0 Å². The van der Waals surface area contributed by atoms with Crippen LogP contribution in [0.1, 0.15) is 54.1 Å². The van der Waals surface area contributed by atoms with Crippen molar-refractivity contribution in [3.8, 4) is 0 Å². The summed E-state index contributed by atoms with van der Waals surface area (Å²) in [5, 5.41) is 2.28. The number of carbonyl (C=O) groups is 3. The number of hydrogen-bond acceptors (Lipinski definition) is 3. The molecule has 0 aromatic heterocycles. The lowest BCUT2D eigenvalue weighted by Gasteiger charge is -2.31. The highest BCUT2D eigenvalue weighted by atomic mass is 16.2. The first-order valence-electron chi connectivity index (χ1n) is 10.00. The maximum atomic E-state index is 13.3. The first-order chi connectivity index (χ1) is 13.1. The molecular formula is C23H25NO3. The predicted octanol–water partition coefficient (Wildman–Crippen LogP) is 3.73. The average Bonchev–Trinajstić information content (AvgIpc) is 3.12. The van der Waals surface area contributed by atoms with E-state index in [-0.39, 0.29) is 23.9 Å². The molecule has 140 valence electrons. The summed E-state index contributed by atoms with van der Waals surface area (Å²) in [5.74, 6) is -0.882. The fourth-order valence-electron chi connectivity index (χ4n) is 4.57. The number of hydrogen-bond donors (Lipinski definition) is 0. The van der Waals surface area contributed by atoms with Crippen molar-refractivity contribution in [2.45, 2.75) is 45.4 Å². The largest absolute Gasteiger partial charge is 0.335 e. The van der Waals surface area contributed by atoms with Gasteiger partial charge in [-0.2, -0.15) is 0 Å². The van der Waals surface area contributed by atoms with E-state index in [9.17, 15) is 14.4 Å². The van der Waals surface area contributed by atoms with Crippen molar-refractivity contribution in [2.24, 2.45) is 5.92 Å². The topological polar surface area (TPSA) is 54.5 Å². The summed E-state index contributed by atoms with van der Waals surface area (Å²) in [4.78, 5) is 39.2. The van der Waals surface area contributed by atoms with Gasteiger partial charge in [-0.1, -0.05) is 37.3 Å². The zero-order valence-corrected chi connectivity index (χ0v) is 15.8. The van der Waals surface area contributed by atoms with Crippen LogP contribution < -0.4 is 0 Å². The van der Waals surface area contributed by atoms with E-state index in [4.69, 9.17) is 0 Å². The van der Waals surface area contributed by atoms with Gasteiger partial charge in [0.25, 0.3) is 5.91 Å². The number of amides is 1. The molecule has 1 aliphatic heterocycles. The number of carbonyl (C=O) groups excluding carboxylic acids is 3. The Morgan fingerprint density at radius 3 is 2.63 bits per heavy atom. The van der Waals surface area contributed by atoms with E-state index in [0.29, 0.717) is 19.5 Å². The van der Waals surface area contributed by atoms with Crippen molar-refractivity contribution in [1.29, 1.82) is 0 Å². The molecule has 0 bridgehead atoms. The Kier molecular flexibility index (Phi) is 4.81. The van der Waals surface area contributed by atoms with Crippen LogP contribution in [-0.2, 0) is 22.4 Å². The van der Waals surface area contributed by atoms with Gasteiger partial charge in [0, 0.05) is 31.0 Å². The maximum absolute atomic E-state index is 13.3. The second-order valence-electron chi connectivity index (χ2n) is 7.74. The quantitative estimate of drug-likeness (QED) is 0.601. The Hall–Kier alpha value is -2.49. The lowest BCUT2D eigenvalue weighted by atomic mass is 9.87. The maximum Gasteiger partial charge on any atom is 0.289 e. The summed E-state index contributed by atoms with van der Waals surface area (Å²) in [5.41, 5.74) is 3.40. The molecular weight excluding hydrogens is 338 g/mol. The van der Waals surface area contributed by atoms with E-state index in [1.165, 1.54) is 16.5 Å². The number of rotatable bonds is 5. The molecule has 1 amide bonds. The normalized spacial score (nSPS) is 18.7. The van der Waals surface area contributed by atoms with Crippen LogP contribution in [0.25, 0.3) is 10.8 Å². The van der Waals surface area contributed by atoms with Crippen molar-refractivity contribution in [3.05, 3.63) is 47.0 Å². The van der Waals surface area contributed by atoms with Gasteiger partial charge in [0.2, 0.25) is 5.78 Å². The number of likely N-dealkylation sites (tertiary alicyclic amines) is 1. The predicted molar refractivity (Wildman–Crippen MR) is 105 cm³/mol. The molecule has 0 saturated carbocycles. The van der Waals surface area contributed by atoms with Gasteiger partial charge in [0.15, 0.2) is 5.78 Å². The van der Waals surface area contributed by atoms with Crippen LogP contribution in [0.4, 0.5) is 0 Å². The highest BCUT2D eigenvalue weighted by Gasteiger charge is 2.32. The summed E-state index contributed by atoms with van der Waals surface area (Å²) >= 11 is 0. The van der Waals surface area contributed by atoms with Gasteiger partial charge in [-0.3, -0.25) is 14.4 Å². The fraction of sp³-hybridized carbons (Fsp3) is 0.435. The first kappa shape index (κ1) is 17.9. The molecule has 0 spiro atoms. The monoisotopic (exact) mass is 363 g/mol. The van der Waals surface area contributed by atoms with E-state index >= 15 is 0 Å². The molecule has 0 unspecified atom stereocenters. The van der Waals surface area contributed by atoms with Crippen molar-refractivity contribution in [3.63, 3.8) is 0 Å². The smallest absolute Gasteiger partial charge is 0.289 e. The second kappa shape index (κ2) is 7.26. The van der Waals surface area contributed by atoms with Crippen molar-refractivity contribution in [1.82, 2.24) is 4.90 Å². The third-order valence-corrected chi connectivity index (χ3v) is 5.94. The molecule has 1 fully saturated rings. The van der Waals surface area contributed by atoms with Crippen LogP contribution in [0.2, 0.25) is 0 Å². The Balaban J connectivity index is 1.59. The van der Waals surface area contributed by atoms with E-state index in [2.05, 4.69) is 12.1 Å². The lowest BCUT2D eigenvalue weighted by molar-refractivity contribution is -0.145. The zero-order valence-electron chi connectivity index (χ0n) is 15.8. The van der Waals surface area contributed by atoms with E-state index in [0.717, 1.165) is 36.6 Å². The van der Waals surface area contributed by atoms with Crippen LogP contribution >= 0.6 is 0 Å². The van der Waals surface area contributed by atoms with Crippen LogP contribution in [0.5, 0.6) is 0 Å². The average molecular weight is 363 g/mol. The summed E-state index contributed by atoms with van der Waals surface area (Å²) in [7, 11) is 0. The van der Waals surface area contributed by atoms with E-state index < -0.39 is 5.91 Å². The molecule has 4 heteroatoms. The minimum Gasteiger partial charge on any atom is -0.335 e. The number of benzene rings is 2. The van der Waals surface area contributed by atoms with E-state index in [1.807, 2.05) is 25.1 Å². The Morgan fingerprint density at radius 2 is 1.85 bits per heavy atom. The summed E-state index contributed by atoms with van der Waals surface area (Å²) < 4.78 is 0. The van der Waals surface area contributed by atoms with Crippen molar-refractivity contribution < 1.29 is 14.4 Å².